The molecule has 3 heterocycles. The van der Waals surface area contributed by atoms with Crippen molar-refractivity contribution in [1.29, 1.82) is 0 Å². The highest BCUT2D eigenvalue weighted by Crippen LogP contribution is 2.34. The predicted octanol–water partition coefficient (Wildman–Crippen LogP) is 3.82. The fraction of sp³-hybridized carbons (Fsp3) is 0.208. The van der Waals surface area contributed by atoms with Gasteiger partial charge in [-0.1, -0.05) is 30.3 Å². The van der Waals surface area contributed by atoms with E-state index in [9.17, 15) is 4.79 Å². The molecular weight excluding hydrogens is 404 g/mol. The molecule has 0 aliphatic carbocycles. The number of carbonyl (C=O) groups is 1. The number of esters is 1. The van der Waals surface area contributed by atoms with Crippen molar-refractivity contribution in [2.24, 2.45) is 7.05 Å². The average Bonchev–Trinajstić information content (AvgIpc) is 3.31. The molecular formula is C24H22N6O2. The molecule has 0 bridgehead atoms. The third-order valence-electron chi connectivity index (χ3n) is 5.92. The Bertz CT molecular complexity index is 1450. The summed E-state index contributed by atoms with van der Waals surface area (Å²) in [7, 11) is 3.35. The third-order valence-corrected chi connectivity index (χ3v) is 5.92. The van der Waals surface area contributed by atoms with Gasteiger partial charge in [-0.3, -0.25) is 5.10 Å². The van der Waals surface area contributed by atoms with Crippen LogP contribution in [0.1, 0.15) is 44.6 Å². The minimum atomic E-state index is -0.376. The van der Waals surface area contributed by atoms with E-state index in [1.165, 1.54) is 7.11 Å². The van der Waals surface area contributed by atoms with Crippen LogP contribution in [0.3, 0.4) is 0 Å². The molecule has 0 aliphatic rings. The molecule has 2 aromatic carbocycles. The first-order valence-electron chi connectivity index (χ1n) is 10.3. The van der Waals surface area contributed by atoms with E-state index in [1.54, 1.807) is 12.1 Å². The Hall–Kier alpha value is -4.07. The van der Waals surface area contributed by atoms with Crippen molar-refractivity contribution in [1.82, 2.24) is 29.9 Å². The first-order chi connectivity index (χ1) is 15.5. The van der Waals surface area contributed by atoms with Crippen molar-refractivity contribution in [2.75, 3.05) is 7.11 Å². The number of hydrogen-bond donors (Lipinski definition) is 1. The number of aromatic amines is 1. The standard InChI is InChI=1S/C24H22N6O2/c1-13-19(14(2)27-26-13)20(15-9-11-16(12-10-15)24(31)32-4)22-25-23-21(28-29-22)17-7-5-6-8-18(17)30(23)3/h5-12,20H,1-4H3,(H,26,27). The minimum absolute atomic E-state index is 0.296. The normalized spacial score (nSPS) is 12.4. The lowest BCUT2D eigenvalue weighted by Gasteiger charge is -2.17. The van der Waals surface area contributed by atoms with Crippen LogP contribution in [0.4, 0.5) is 0 Å². The van der Waals surface area contributed by atoms with Gasteiger partial charge in [-0.25, -0.2) is 9.78 Å². The third kappa shape index (κ3) is 3.03. The topological polar surface area (TPSA) is 98.6 Å². The smallest absolute Gasteiger partial charge is 0.337 e. The van der Waals surface area contributed by atoms with Gasteiger partial charge in [0, 0.05) is 23.7 Å². The second kappa shape index (κ2) is 7.56. The molecule has 0 saturated heterocycles. The van der Waals surface area contributed by atoms with Crippen molar-refractivity contribution in [3.8, 4) is 0 Å². The summed E-state index contributed by atoms with van der Waals surface area (Å²) in [6.45, 7) is 3.94. The maximum Gasteiger partial charge on any atom is 0.337 e. The molecule has 0 radical (unpaired) electrons. The lowest BCUT2D eigenvalue weighted by molar-refractivity contribution is 0.0600. The van der Waals surface area contributed by atoms with Crippen LogP contribution in [-0.4, -0.2) is 43.0 Å². The fourth-order valence-corrected chi connectivity index (χ4v) is 4.30. The zero-order valence-corrected chi connectivity index (χ0v) is 18.2. The fourth-order valence-electron chi connectivity index (χ4n) is 4.30. The largest absolute Gasteiger partial charge is 0.465 e. The second-order valence-electron chi connectivity index (χ2n) is 7.81. The van der Waals surface area contributed by atoms with E-state index >= 15 is 0 Å². The highest BCUT2D eigenvalue weighted by molar-refractivity contribution is 6.03. The number of methoxy groups -OCH3 is 1. The maximum atomic E-state index is 11.9. The molecule has 0 aliphatic heterocycles. The molecule has 8 heteroatoms. The molecule has 0 fully saturated rings. The Morgan fingerprint density at radius 2 is 1.81 bits per heavy atom. The Morgan fingerprint density at radius 3 is 2.50 bits per heavy atom. The molecule has 5 rings (SSSR count). The first-order valence-corrected chi connectivity index (χ1v) is 10.3. The van der Waals surface area contributed by atoms with Crippen LogP contribution in [0, 0.1) is 13.8 Å². The van der Waals surface area contributed by atoms with Crippen molar-refractivity contribution in [3.05, 3.63) is 82.4 Å². The van der Waals surface area contributed by atoms with Gasteiger partial charge in [-0.05, 0) is 37.6 Å². The number of ether oxygens (including phenoxy) is 1. The Labute approximate surface area is 184 Å². The Morgan fingerprint density at radius 1 is 1.06 bits per heavy atom. The van der Waals surface area contributed by atoms with E-state index in [2.05, 4.69) is 20.4 Å². The van der Waals surface area contributed by atoms with Gasteiger partial charge in [0.1, 0.15) is 5.52 Å². The number of aromatic nitrogens is 6. The lowest BCUT2D eigenvalue weighted by Crippen LogP contribution is -2.12. The van der Waals surface area contributed by atoms with Gasteiger partial charge in [-0.2, -0.15) is 5.10 Å². The van der Waals surface area contributed by atoms with Crippen LogP contribution in [-0.2, 0) is 11.8 Å². The van der Waals surface area contributed by atoms with Crippen molar-refractivity contribution < 1.29 is 9.53 Å². The number of fused-ring (bicyclic) bond motifs is 3. The molecule has 5 aromatic rings. The van der Waals surface area contributed by atoms with Crippen molar-refractivity contribution >= 4 is 28.0 Å². The summed E-state index contributed by atoms with van der Waals surface area (Å²) < 4.78 is 6.87. The Balaban J connectivity index is 1.72. The summed E-state index contributed by atoms with van der Waals surface area (Å²) >= 11 is 0. The van der Waals surface area contributed by atoms with Gasteiger partial charge in [-0.15, -0.1) is 10.2 Å². The van der Waals surface area contributed by atoms with Crippen LogP contribution in [0.2, 0.25) is 0 Å². The van der Waals surface area contributed by atoms with Crippen LogP contribution in [0.5, 0.6) is 0 Å². The van der Waals surface area contributed by atoms with Crippen LogP contribution >= 0.6 is 0 Å². The molecule has 8 nitrogen and oxygen atoms in total. The Kier molecular flexibility index (Phi) is 4.70. The minimum Gasteiger partial charge on any atom is -0.465 e. The number of benzene rings is 2. The second-order valence-corrected chi connectivity index (χ2v) is 7.81. The van der Waals surface area contributed by atoms with Crippen LogP contribution in [0.25, 0.3) is 22.1 Å². The number of hydrogen-bond acceptors (Lipinski definition) is 6. The number of carbonyl (C=O) groups excluding carboxylic acids is 1. The monoisotopic (exact) mass is 426 g/mol. The van der Waals surface area contributed by atoms with E-state index in [0.717, 1.165) is 44.6 Å². The van der Waals surface area contributed by atoms with Gasteiger partial charge >= 0.3 is 5.97 Å². The van der Waals surface area contributed by atoms with Gasteiger partial charge in [0.2, 0.25) is 0 Å². The first kappa shape index (κ1) is 19.9. The molecule has 0 amide bonds. The summed E-state index contributed by atoms with van der Waals surface area (Å²) in [5, 5.41) is 17.6. The summed E-state index contributed by atoms with van der Waals surface area (Å²) in [4.78, 5) is 16.9. The van der Waals surface area contributed by atoms with E-state index in [4.69, 9.17) is 9.72 Å². The highest BCUT2D eigenvalue weighted by atomic mass is 16.5. The number of aryl methyl sites for hydroxylation is 3. The summed E-state index contributed by atoms with van der Waals surface area (Å²) in [6, 6.07) is 15.4. The lowest BCUT2D eigenvalue weighted by atomic mass is 9.88. The van der Waals surface area contributed by atoms with Crippen molar-refractivity contribution in [3.63, 3.8) is 0 Å². The molecule has 3 aromatic heterocycles. The predicted molar refractivity (Wildman–Crippen MR) is 121 cm³/mol. The zero-order chi connectivity index (χ0) is 22.4. The molecule has 0 spiro atoms. The van der Waals surface area contributed by atoms with Gasteiger partial charge < -0.3 is 9.30 Å². The summed E-state index contributed by atoms with van der Waals surface area (Å²) in [6.07, 6.45) is 0. The molecule has 160 valence electrons. The number of H-pyrrole nitrogens is 1. The number of nitrogens with zero attached hydrogens (tertiary/aromatic N) is 5. The zero-order valence-electron chi connectivity index (χ0n) is 18.2. The van der Waals surface area contributed by atoms with Gasteiger partial charge in [0.15, 0.2) is 11.5 Å². The number of para-hydroxylation sites is 1. The maximum absolute atomic E-state index is 11.9. The van der Waals surface area contributed by atoms with E-state index in [0.29, 0.717) is 11.4 Å². The number of nitrogens with one attached hydrogen (secondary N) is 1. The summed E-state index contributed by atoms with van der Waals surface area (Å²) in [5.74, 6) is -0.101. The average molecular weight is 426 g/mol. The van der Waals surface area contributed by atoms with Crippen LogP contribution in [0.15, 0.2) is 48.5 Å². The van der Waals surface area contributed by atoms with Gasteiger partial charge in [0.05, 0.1) is 29.8 Å². The molecule has 1 N–H and O–H groups in total. The van der Waals surface area contributed by atoms with Crippen LogP contribution < -0.4 is 0 Å². The van der Waals surface area contributed by atoms with Crippen molar-refractivity contribution in [2.45, 2.75) is 19.8 Å². The number of rotatable bonds is 4. The summed E-state index contributed by atoms with van der Waals surface area (Å²) in [5.41, 5.74) is 6.81. The van der Waals surface area contributed by atoms with E-state index in [-0.39, 0.29) is 11.9 Å². The van der Waals surface area contributed by atoms with E-state index in [1.807, 2.05) is 61.9 Å². The quantitative estimate of drug-likeness (QED) is 0.439. The molecule has 32 heavy (non-hydrogen) atoms. The SMILES string of the molecule is COC(=O)c1ccc(C(c2nnc3c4ccccc4n(C)c3n2)c2c(C)n[nH]c2C)cc1. The molecule has 1 unspecified atom stereocenters. The molecule has 0 saturated carbocycles. The highest BCUT2D eigenvalue weighted by Gasteiger charge is 2.27. The molecule has 1 atom stereocenters. The van der Waals surface area contributed by atoms with Gasteiger partial charge in [0.25, 0.3) is 0 Å². The van der Waals surface area contributed by atoms with E-state index < -0.39 is 0 Å².